The fourth-order valence-electron chi connectivity index (χ4n) is 3.84. The lowest BCUT2D eigenvalue weighted by Gasteiger charge is -2.24. The van der Waals surface area contributed by atoms with Gasteiger partial charge in [0, 0.05) is 6.07 Å². The SMILES string of the molecule is CCCC(CC)Oc1ccc(C(C)(C)C)cc1NC(=O)c1nnn(-c2cc(Cl)c(Cl)cc2OC)c1C. The quantitative estimate of drug-likeness (QED) is 0.310. The number of carbonyl (C=O) groups excluding carboxylic acids is 1. The highest BCUT2D eigenvalue weighted by Crippen LogP contribution is 2.35. The molecule has 194 valence electrons. The first-order valence-corrected chi connectivity index (χ1v) is 12.8. The van der Waals surface area contributed by atoms with Gasteiger partial charge in [-0.15, -0.1) is 5.10 Å². The number of carbonyl (C=O) groups is 1. The molecule has 9 heteroatoms. The molecule has 0 aliphatic heterocycles. The van der Waals surface area contributed by atoms with Gasteiger partial charge >= 0.3 is 0 Å². The summed E-state index contributed by atoms with van der Waals surface area (Å²) in [5.41, 5.74) is 2.80. The lowest BCUT2D eigenvalue weighted by atomic mass is 9.87. The molecule has 0 saturated heterocycles. The van der Waals surface area contributed by atoms with Gasteiger partial charge in [0.1, 0.15) is 17.2 Å². The van der Waals surface area contributed by atoms with Gasteiger partial charge < -0.3 is 14.8 Å². The minimum atomic E-state index is -0.391. The second-order valence-corrected chi connectivity index (χ2v) is 10.5. The number of methoxy groups -OCH3 is 1. The molecule has 1 amide bonds. The van der Waals surface area contributed by atoms with Gasteiger partial charge in [-0.2, -0.15) is 0 Å². The number of rotatable bonds is 9. The number of ether oxygens (including phenoxy) is 2. The van der Waals surface area contributed by atoms with Crippen LogP contribution in [-0.2, 0) is 5.41 Å². The lowest BCUT2D eigenvalue weighted by molar-refractivity contribution is 0.102. The Morgan fingerprint density at radius 1 is 1.11 bits per heavy atom. The molecule has 0 spiro atoms. The van der Waals surface area contributed by atoms with E-state index in [0.717, 1.165) is 24.8 Å². The first-order chi connectivity index (χ1) is 17.0. The zero-order chi connectivity index (χ0) is 26.6. The van der Waals surface area contributed by atoms with Crippen LogP contribution in [0.4, 0.5) is 5.69 Å². The van der Waals surface area contributed by atoms with E-state index >= 15 is 0 Å². The van der Waals surface area contributed by atoms with E-state index in [2.05, 4.69) is 50.2 Å². The molecule has 0 saturated carbocycles. The van der Waals surface area contributed by atoms with Crippen molar-refractivity contribution < 1.29 is 14.3 Å². The minimum absolute atomic E-state index is 0.0656. The summed E-state index contributed by atoms with van der Waals surface area (Å²) in [4.78, 5) is 13.4. The Balaban J connectivity index is 1.98. The predicted molar refractivity (Wildman–Crippen MR) is 145 cm³/mol. The summed E-state index contributed by atoms with van der Waals surface area (Å²) in [6.45, 7) is 12.4. The Labute approximate surface area is 223 Å². The van der Waals surface area contributed by atoms with Crippen molar-refractivity contribution in [3.8, 4) is 17.2 Å². The van der Waals surface area contributed by atoms with Crippen LogP contribution in [0, 0.1) is 6.92 Å². The molecule has 1 aromatic heterocycles. The van der Waals surface area contributed by atoms with Crippen molar-refractivity contribution in [2.45, 2.75) is 72.3 Å². The first-order valence-electron chi connectivity index (χ1n) is 12.1. The molecular formula is C27H34Cl2N4O3. The molecule has 0 bridgehead atoms. The molecule has 1 heterocycles. The summed E-state index contributed by atoms with van der Waals surface area (Å²) < 4.78 is 13.2. The van der Waals surface area contributed by atoms with Crippen molar-refractivity contribution in [2.24, 2.45) is 0 Å². The molecule has 2 aromatic carbocycles. The molecule has 0 fully saturated rings. The Kier molecular flexibility index (Phi) is 8.90. The summed E-state index contributed by atoms with van der Waals surface area (Å²) in [5, 5.41) is 12.0. The van der Waals surface area contributed by atoms with E-state index in [1.165, 1.54) is 11.8 Å². The molecule has 0 aliphatic carbocycles. The van der Waals surface area contributed by atoms with Crippen molar-refractivity contribution in [2.75, 3.05) is 12.4 Å². The van der Waals surface area contributed by atoms with Crippen LogP contribution in [0.25, 0.3) is 5.69 Å². The molecule has 1 atom stereocenters. The van der Waals surface area contributed by atoms with Crippen molar-refractivity contribution >= 4 is 34.8 Å². The molecule has 7 nitrogen and oxygen atoms in total. The van der Waals surface area contributed by atoms with Gasteiger partial charge in [0.05, 0.1) is 34.6 Å². The maximum atomic E-state index is 13.4. The van der Waals surface area contributed by atoms with Crippen molar-refractivity contribution in [1.82, 2.24) is 15.0 Å². The Morgan fingerprint density at radius 2 is 1.81 bits per heavy atom. The van der Waals surface area contributed by atoms with Crippen LogP contribution >= 0.6 is 23.2 Å². The third-order valence-electron chi connectivity index (χ3n) is 6.01. The van der Waals surface area contributed by atoms with Crippen LogP contribution in [0.3, 0.4) is 0 Å². The number of hydrogen-bond acceptors (Lipinski definition) is 5. The van der Waals surface area contributed by atoms with Crippen LogP contribution in [0.5, 0.6) is 11.5 Å². The highest BCUT2D eigenvalue weighted by atomic mass is 35.5. The Morgan fingerprint density at radius 3 is 2.42 bits per heavy atom. The number of nitrogens with zero attached hydrogens (tertiary/aromatic N) is 3. The van der Waals surface area contributed by atoms with Crippen LogP contribution in [0.2, 0.25) is 10.0 Å². The average molecular weight is 534 g/mol. The number of anilines is 1. The number of aromatic nitrogens is 3. The van der Waals surface area contributed by atoms with E-state index in [9.17, 15) is 4.79 Å². The number of halogens is 2. The third kappa shape index (κ3) is 6.13. The number of benzene rings is 2. The second kappa shape index (κ2) is 11.5. The molecule has 1 unspecified atom stereocenters. The Hall–Kier alpha value is -2.77. The normalized spacial score (nSPS) is 12.4. The van der Waals surface area contributed by atoms with Crippen LogP contribution in [-0.4, -0.2) is 34.1 Å². The molecular weight excluding hydrogens is 499 g/mol. The minimum Gasteiger partial charge on any atom is -0.494 e. The van der Waals surface area contributed by atoms with E-state index in [0.29, 0.717) is 38.6 Å². The van der Waals surface area contributed by atoms with E-state index in [4.69, 9.17) is 32.7 Å². The van der Waals surface area contributed by atoms with Gasteiger partial charge in [-0.25, -0.2) is 4.68 Å². The van der Waals surface area contributed by atoms with Gasteiger partial charge in [0.15, 0.2) is 5.69 Å². The van der Waals surface area contributed by atoms with E-state index in [1.54, 1.807) is 19.1 Å². The number of nitrogens with one attached hydrogen (secondary N) is 1. The Bertz CT molecular complexity index is 1230. The van der Waals surface area contributed by atoms with E-state index in [-0.39, 0.29) is 17.2 Å². The van der Waals surface area contributed by atoms with Gasteiger partial charge in [-0.1, -0.05) is 75.5 Å². The van der Waals surface area contributed by atoms with Crippen LogP contribution < -0.4 is 14.8 Å². The molecule has 1 N–H and O–H groups in total. The second-order valence-electron chi connectivity index (χ2n) is 9.73. The van der Waals surface area contributed by atoms with Crippen molar-refractivity contribution in [1.29, 1.82) is 0 Å². The van der Waals surface area contributed by atoms with E-state index < -0.39 is 5.91 Å². The average Bonchev–Trinajstić information content (AvgIpc) is 3.21. The summed E-state index contributed by atoms with van der Waals surface area (Å²) >= 11 is 12.4. The van der Waals surface area contributed by atoms with Gasteiger partial charge in [-0.05, 0) is 48.9 Å². The molecule has 3 aromatic rings. The smallest absolute Gasteiger partial charge is 0.278 e. The molecule has 0 aliphatic rings. The van der Waals surface area contributed by atoms with E-state index in [1.807, 2.05) is 18.2 Å². The lowest BCUT2D eigenvalue weighted by Crippen LogP contribution is -2.20. The third-order valence-corrected chi connectivity index (χ3v) is 6.74. The summed E-state index contributed by atoms with van der Waals surface area (Å²) in [7, 11) is 1.52. The zero-order valence-electron chi connectivity index (χ0n) is 21.9. The molecule has 36 heavy (non-hydrogen) atoms. The fraction of sp³-hybridized carbons (Fsp3) is 0.444. The molecule has 0 radical (unpaired) electrons. The van der Waals surface area contributed by atoms with Crippen molar-refractivity contribution in [3.63, 3.8) is 0 Å². The fourth-order valence-corrected chi connectivity index (χ4v) is 4.15. The highest BCUT2D eigenvalue weighted by Gasteiger charge is 2.23. The summed E-state index contributed by atoms with van der Waals surface area (Å²) in [5.74, 6) is 0.699. The number of amides is 1. The summed E-state index contributed by atoms with van der Waals surface area (Å²) in [6, 6.07) is 9.17. The maximum Gasteiger partial charge on any atom is 0.278 e. The van der Waals surface area contributed by atoms with Gasteiger partial charge in [0.25, 0.3) is 5.91 Å². The highest BCUT2D eigenvalue weighted by molar-refractivity contribution is 6.42. The van der Waals surface area contributed by atoms with Crippen LogP contribution in [0.15, 0.2) is 30.3 Å². The van der Waals surface area contributed by atoms with Gasteiger partial charge in [0.2, 0.25) is 0 Å². The molecule has 3 rings (SSSR count). The summed E-state index contributed by atoms with van der Waals surface area (Å²) in [6.07, 6.45) is 2.89. The standard InChI is InChI=1S/C27H34Cl2N4O3/c1-8-10-18(9-2)36-23-12-11-17(27(4,5)6)13-21(23)30-26(34)25-16(3)33(32-31-25)22-14-19(28)20(29)15-24(22)35-7/h11-15,18H,8-10H2,1-7H3,(H,30,34). The largest absolute Gasteiger partial charge is 0.494 e. The number of hydrogen-bond donors (Lipinski definition) is 1. The predicted octanol–water partition coefficient (Wildman–Crippen LogP) is 7.40. The topological polar surface area (TPSA) is 78.3 Å². The zero-order valence-corrected chi connectivity index (χ0v) is 23.4. The van der Waals surface area contributed by atoms with Crippen LogP contribution in [0.1, 0.15) is 75.6 Å². The monoisotopic (exact) mass is 532 g/mol. The first kappa shape index (κ1) is 27.8. The maximum absolute atomic E-state index is 13.4. The van der Waals surface area contributed by atoms with Gasteiger partial charge in [-0.3, -0.25) is 4.79 Å². The van der Waals surface area contributed by atoms with Crippen molar-refractivity contribution in [3.05, 3.63) is 57.3 Å².